The zero-order valence-corrected chi connectivity index (χ0v) is 16.3. The number of benzene rings is 1. The summed E-state index contributed by atoms with van der Waals surface area (Å²) in [6, 6.07) is 8.49. The van der Waals surface area contributed by atoms with E-state index in [1.807, 2.05) is 12.1 Å². The van der Waals surface area contributed by atoms with Gasteiger partial charge in [-0.1, -0.05) is 76.9 Å². The summed E-state index contributed by atoms with van der Waals surface area (Å²) in [6.45, 7) is 13.4. The lowest BCUT2D eigenvalue weighted by atomic mass is 9.82. The second-order valence-electron chi connectivity index (χ2n) is 7.04. The van der Waals surface area contributed by atoms with Crippen LogP contribution in [-0.4, -0.2) is 4.98 Å². The van der Waals surface area contributed by atoms with Gasteiger partial charge < -0.3 is 0 Å². The van der Waals surface area contributed by atoms with Gasteiger partial charge in [-0.25, -0.2) is 4.98 Å². The maximum Gasteiger partial charge on any atom is 0.131 e. The van der Waals surface area contributed by atoms with Crippen LogP contribution in [0.15, 0.2) is 24.3 Å². The minimum absolute atomic E-state index is 0.423. The summed E-state index contributed by atoms with van der Waals surface area (Å²) in [6.07, 6.45) is 0. The lowest BCUT2D eigenvalue weighted by Gasteiger charge is -2.23. The fourth-order valence-corrected chi connectivity index (χ4v) is 3.36. The lowest BCUT2D eigenvalue weighted by Crippen LogP contribution is -2.03. The molecule has 0 radical (unpaired) electrons. The van der Waals surface area contributed by atoms with Crippen molar-refractivity contribution in [3.63, 3.8) is 0 Å². The first-order chi connectivity index (χ1) is 10.7. The van der Waals surface area contributed by atoms with Gasteiger partial charge >= 0.3 is 0 Å². The summed E-state index contributed by atoms with van der Waals surface area (Å²) >= 11 is 12.3. The molecule has 124 valence electrons. The summed E-state index contributed by atoms with van der Waals surface area (Å²) in [5.41, 5.74) is 6.38. The third-order valence-corrected chi connectivity index (χ3v) is 4.57. The SMILES string of the molecule is CC(C)c1cc(C(C)C)c(-c2cc(Cl)nc(Cl)c2)c(C(C)C)c1. The zero-order valence-electron chi connectivity index (χ0n) is 14.7. The number of rotatable bonds is 4. The third-order valence-electron chi connectivity index (χ3n) is 4.18. The van der Waals surface area contributed by atoms with Crippen molar-refractivity contribution in [2.24, 2.45) is 0 Å². The highest BCUT2D eigenvalue weighted by atomic mass is 35.5. The van der Waals surface area contributed by atoms with E-state index in [-0.39, 0.29) is 0 Å². The topological polar surface area (TPSA) is 12.9 Å². The van der Waals surface area contributed by atoms with Crippen molar-refractivity contribution in [3.8, 4) is 11.1 Å². The molecule has 3 heteroatoms. The van der Waals surface area contributed by atoms with Crippen molar-refractivity contribution in [2.75, 3.05) is 0 Å². The van der Waals surface area contributed by atoms with Gasteiger partial charge in [0.2, 0.25) is 0 Å². The summed E-state index contributed by atoms with van der Waals surface area (Å²) in [5.74, 6) is 1.35. The maximum absolute atomic E-state index is 6.15. The van der Waals surface area contributed by atoms with Crippen LogP contribution in [0.5, 0.6) is 0 Å². The molecule has 0 atom stereocenters. The molecule has 0 spiro atoms. The molecule has 0 unspecified atom stereocenters. The van der Waals surface area contributed by atoms with Crippen molar-refractivity contribution >= 4 is 23.2 Å². The lowest BCUT2D eigenvalue weighted by molar-refractivity contribution is 0.807. The van der Waals surface area contributed by atoms with E-state index in [0.717, 1.165) is 5.56 Å². The molecule has 0 saturated heterocycles. The van der Waals surface area contributed by atoms with Gasteiger partial charge in [-0.05, 0) is 57.7 Å². The van der Waals surface area contributed by atoms with Crippen LogP contribution >= 0.6 is 23.2 Å². The first-order valence-electron chi connectivity index (χ1n) is 8.21. The molecule has 0 bridgehead atoms. The summed E-state index contributed by atoms with van der Waals surface area (Å²) in [4.78, 5) is 4.09. The van der Waals surface area contributed by atoms with E-state index in [9.17, 15) is 0 Å². The van der Waals surface area contributed by atoms with Crippen molar-refractivity contribution in [3.05, 3.63) is 51.3 Å². The molecule has 0 fully saturated rings. The Kier molecular flexibility index (Phi) is 5.75. The van der Waals surface area contributed by atoms with Crippen LogP contribution < -0.4 is 0 Å². The molecule has 0 aliphatic rings. The average molecular weight is 350 g/mol. The first-order valence-corrected chi connectivity index (χ1v) is 8.97. The summed E-state index contributed by atoms with van der Waals surface area (Å²) < 4.78 is 0. The monoisotopic (exact) mass is 349 g/mol. The van der Waals surface area contributed by atoms with Gasteiger partial charge in [-0.15, -0.1) is 0 Å². The Bertz CT molecular complexity index is 654. The largest absolute Gasteiger partial charge is 0.224 e. The van der Waals surface area contributed by atoms with Crippen molar-refractivity contribution in [1.82, 2.24) is 4.98 Å². The second-order valence-corrected chi connectivity index (χ2v) is 7.81. The highest BCUT2D eigenvalue weighted by Gasteiger charge is 2.19. The zero-order chi connectivity index (χ0) is 17.3. The van der Waals surface area contributed by atoms with Gasteiger partial charge in [0.1, 0.15) is 10.3 Å². The highest BCUT2D eigenvalue weighted by molar-refractivity contribution is 6.32. The van der Waals surface area contributed by atoms with Gasteiger partial charge in [0, 0.05) is 0 Å². The van der Waals surface area contributed by atoms with E-state index in [1.54, 1.807) is 0 Å². The molecule has 0 N–H and O–H groups in total. The average Bonchev–Trinajstić information content (AvgIpc) is 2.44. The van der Waals surface area contributed by atoms with Gasteiger partial charge in [-0.2, -0.15) is 0 Å². The molecule has 23 heavy (non-hydrogen) atoms. The predicted molar refractivity (Wildman–Crippen MR) is 102 cm³/mol. The van der Waals surface area contributed by atoms with Crippen LogP contribution in [0.4, 0.5) is 0 Å². The van der Waals surface area contributed by atoms with Crippen LogP contribution in [-0.2, 0) is 0 Å². The van der Waals surface area contributed by atoms with E-state index in [0.29, 0.717) is 28.1 Å². The normalized spacial score (nSPS) is 11.8. The minimum Gasteiger partial charge on any atom is -0.224 e. The van der Waals surface area contributed by atoms with Crippen LogP contribution in [0.2, 0.25) is 10.3 Å². The molecule has 1 aromatic heterocycles. The number of halogens is 2. The van der Waals surface area contributed by atoms with Crippen LogP contribution in [0.1, 0.15) is 76.0 Å². The number of pyridine rings is 1. The van der Waals surface area contributed by atoms with Crippen molar-refractivity contribution < 1.29 is 0 Å². The Balaban J connectivity index is 2.83. The van der Waals surface area contributed by atoms with Crippen LogP contribution in [0.3, 0.4) is 0 Å². The Morgan fingerprint density at radius 1 is 0.696 bits per heavy atom. The Morgan fingerprint density at radius 3 is 1.48 bits per heavy atom. The van der Waals surface area contributed by atoms with Gasteiger partial charge in [0.05, 0.1) is 0 Å². The molecule has 0 aliphatic carbocycles. The molecule has 0 aliphatic heterocycles. The molecular weight excluding hydrogens is 325 g/mol. The fraction of sp³-hybridized carbons (Fsp3) is 0.450. The van der Waals surface area contributed by atoms with Crippen LogP contribution in [0, 0.1) is 0 Å². The Morgan fingerprint density at radius 2 is 1.13 bits per heavy atom. The minimum atomic E-state index is 0.423. The van der Waals surface area contributed by atoms with Crippen LogP contribution in [0.25, 0.3) is 11.1 Å². The fourth-order valence-electron chi connectivity index (χ4n) is 2.90. The van der Waals surface area contributed by atoms with E-state index in [4.69, 9.17) is 23.2 Å². The van der Waals surface area contributed by atoms with E-state index in [2.05, 4.69) is 58.7 Å². The highest BCUT2D eigenvalue weighted by Crippen LogP contribution is 2.39. The van der Waals surface area contributed by atoms with Gasteiger partial charge in [0.15, 0.2) is 0 Å². The van der Waals surface area contributed by atoms with Gasteiger partial charge in [-0.3, -0.25) is 0 Å². The van der Waals surface area contributed by atoms with E-state index in [1.165, 1.54) is 22.3 Å². The number of hydrogen-bond donors (Lipinski definition) is 0. The summed E-state index contributed by atoms with van der Waals surface area (Å²) in [5, 5.41) is 0.870. The maximum atomic E-state index is 6.15. The Labute approximate surface area is 150 Å². The number of nitrogens with zero attached hydrogens (tertiary/aromatic N) is 1. The molecule has 0 saturated carbocycles. The number of aromatic nitrogens is 1. The molecule has 2 aromatic rings. The summed E-state index contributed by atoms with van der Waals surface area (Å²) in [7, 11) is 0. The Hall–Kier alpha value is -1.05. The molecule has 0 amide bonds. The number of hydrogen-bond acceptors (Lipinski definition) is 1. The predicted octanol–water partition coefficient (Wildman–Crippen LogP) is 7.43. The van der Waals surface area contributed by atoms with Gasteiger partial charge in [0.25, 0.3) is 0 Å². The second kappa shape index (κ2) is 7.23. The first kappa shape index (κ1) is 18.3. The van der Waals surface area contributed by atoms with E-state index < -0.39 is 0 Å². The molecule has 1 heterocycles. The van der Waals surface area contributed by atoms with E-state index >= 15 is 0 Å². The molecule has 1 nitrogen and oxygen atoms in total. The standard InChI is InChI=1S/C20H25Cl2N/c1-11(2)14-7-16(12(3)4)20(17(8-14)13(5)6)15-9-18(21)23-19(22)10-15/h7-13H,1-6H3. The quantitative estimate of drug-likeness (QED) is 0.523. The molecule has 1 aromatic carbocycles. The smallest absolute Gasteiger partial charge is 0.131 e. The molecule has 2 rings (SSSR count). The molecular formula is C20H25Cl2N. The van der Waals surface area contributed by atoms with Crippen molar-refractivity contribution in [2.45, 2.75) is 59.3 Å². The third kappa shape index (κ3) is 4.08. The van der Waals surface area contributed by atoms with Crippen molar-refractivity contribution in [1.29, 1.82) is 0 Å².